The fraction of sp³-hybridized carbons (Fsp3) is 0.647. The number of benzene rings is 1. The number of nitrogens with one attached hydrogen (secondary N) is 1. The highest BCUT2D eigenvalue weighted by Crippen LogP contribution is 2.25. The van der Waals surface area contributed by atoms with Crippen molar-refractivity contribution in [2.45, 2.75) is 45.2 Å². The molecule has 0 aromatic heterocycles. The highest BCUT2D eigenvalue weighted by Gasteiger charge is 2.16. The van der Waals surface area contributed by atoms with Gasteiger partial charge in [-0.25, -0.2) is 0 Å². The van der Waals surface area contributed by atoms with E-state index in [0.717, 1.165) is 31.9 Å². The topological polar surface area (TPSA) is 24.5 Å². The third-order valence-corrected chi connectivity index (χ3v) is 4.54. The van der Waals surface area contributed by atoms with E-state index < -0.39 is 0 Å². The average molecular weight is 274 g/mol. The Hall–Kier alpha value is -1.06. The van der Waals surface area contributed by atoms with Crippen LogP contribution < -0.4 is 10.1 Å². The Morgan fingerprint density at radius 3 is 2.95 bits per heavy atom. The van der Waals surface area contributed by atoms with Crippen molar-refractivity contribution in [2.75, 3.05) is 26.2 Å². The van der Waals surface area contributed by atoms with Gasteiger partial charge in [-0.2, -0.15) is 0 Å². The molecular formula is C17H26N2O. The van der Waals surface area contributed by atoms with Crippen LogP contribution in [0.15, 0.2) is 18.2 Å². The number of piperidine rings is 1. The minimum Gasteiger partial charge on any atom is -0.493 e. The van der Waals surface area contributed by atoms with Crippen LogP contribution in [0.5, 0.6) is 5.75 Å². The van der Waals surface area contributed by atoms with E-state index in [1.54, 1.807) is 0 Å². The fourth-order valence-corrected chi connectivity index (χ4v) is 3.26. The highest BCUT2D eigenvalue weighted by molar-refractivity contribution is 5.39. The van der Waals surface area contributed by atoms with Gasteiger partial charge in [0.05, 0.1) is 6.61 Å². The van der Waals surface area contributed by atoms with E-state index in [1.165, 1.54) is 43.5 Å². The molecule has 0 aliphatic carbocycles. The van der Waals surface area contributed by atoms with Gasteiger partial charge in [0.25, 0.3) is 0 Å². The molecule has 3 nitrogen and oxygen atoms in total. The minimum absolute atomic E-state index is 0.646. The molecule has 1 unspecified atom stereocenters. The number of fused-ring (bicyclic) bond motifs is 1. The first-order chi connectivity index (χ1) is 9.83. The fourth-order valence-electron chi connectivity index (χ4n) is 3.26. The van der Waals surface area contributed by atoms with E-state index >= 15 is 0 Å². The SMILES string of the molecule is CC(CNCc1ccc2c(c1)CCO2)N1CCCCC1. The zero-order valence-corrected chi connectivity index (χ0v) is 12.5. The summed E-state index contributed by atoms with van der Waals surface area (Å²) in [6, 6.07) is 7.24. The van der Waals surface area contributed by atoms with Gasteiger partial charge in [-0.15, -0.1) is 0 Å². The summed E-state index contributed by atoms with van der Waals surface area (Å²) in [6.07, 6.45) is 5.21. The highest BCUT2D eigenvalue weighted by atomic mass is 16.5. The van der Waals surface area contributed by atoms with E-state index in [-0.39, 0.29) is 0 Å². The Kier molecular flexibility index (Phi) is 4.58. The molecule has 0 spiro atoms. The summed E-state index contributed by atoms with van der Waals surface area (Å²) in [4.78, 5) is 2.62. The smallest absolute Gasteiger partial charge is 0.122 e. The normalized spacial score (nSPS) is 20.4. The number of ether oxygens (including phenoxy) is 1. The zero-order chi connectivity index (χ0) is 13.8. The van der Waals surface area contributed by atoms with E-state index in [4.69, 9.17) is 4.74 Å². The summed E-state index contributed by atoms with van der Waals surface area (Å²) in [7, 11) is 0. The lowest BCUT2D eigenvalue weighted by Gasteiger charge is -2.32. The third-order valence-electron chi connectivity index (χ3n) is 4.54. The quantitative estimate of drug-likeness (QED) is 0.893. The number of likely N-dealkylation sites (tertiary alicyclic amines) is 1. The van der Waals surface area contributed by atoms with Crippen molar-refractivity contribution in [2.24, 2.45) is 0 Å². The molecule has 1 atom stereocenters. The molecule has 2 aliphatic heterocycles. The second-order valence-electron chi connectivity index (χ2n) is 6.12. The number of hydrogen-bond donors (Lipinski definition) is 1. The lowest BCUT2D eigenvalue weighted by atomic mass is 10.1. The summed E-state index contributed by atoms with van der Waals surface area (Å²) in [5, 5.41) is 3.61. The molecule has 3 heteroatoms. The molecule has 0 bridgehead atoms. The van der Waals surface area contributed by atoms with Gasteiger partial charge in [0.1, 0.15) is 5.75 Å². The Balaban J connectivity index is 1.45. The average Bonchev–Trinajstić information content (AvgIpc) is 2.95. The van der Waals surface area contributed by atoms with Crippen LogP contribution in [0.4, 0.5) is 0 Å². The van der Waals surface area contributed by atoms with Gasteiger partial charge in [0, 0.05) is 25.6 Å². The summed E-state index contributed by atoms with van der Waals surface area (Å²) < 4.78 is 5.55. The van der Waals surface area contributed by atoms with Crippen LogP contribution in [0.2, 0.25) is 0 Å². The molecule has 0 saturated carbocycles. The lowest BCUT2D eigenvalue weighted by Crippen LogP contribution is -2.42. The number of rotatable bonds is 5. The van der Waals surface area contributed by atoms with Gasteiger partial charge in [-0.05, 0) is 50.0 Å². The van der Waals surface area contributed by atoms with Gasteiger partial charge in [-0.3, -0.25) is 4.90 Å². The molecule has 1 saturated heterocycles. The minimum atomic E-state index is 0.646. The van der Waals surface area contributed by atoms with E-state index in [2.05, 4.69) is 35.3 Å². The van der Waals surface area contributed by atoms with Gasteiger partial charge >= 0.3 is 0 Å². The predicted octanol–water partition coefficient (Wildman–Crippen LogP) is 2.59. The second kappa shape index (κ2) is 6.59. The Labute approximate surface area is 122 Å². The summed E-state index contributed by atoms with van der Waals surface area (Å²) in [5.41, 5.74) is 2.74. The van der Waals surface area contributed by atoms with Gasteiger partial charge in [0.15, 0.2) is 0 Å². The maximum absolute atomic E-state index is 5.55. The van der Waals surface area contributed by atoms with Crippen LogP contribution in [0, 0.1) is 0 Å². The van der Waals surface area contributed by atoms with Crippen molar-refractivity contribution in [1.29, 1.82) is 0 Å². The molecule has 1 fully saturated rings. The second-order valence-corrected chi connectivity index (χ2v) is 6.12. The Morgan fingerprint density at radius 2 is 2.10 bits per heavy atom. The van der Waals surface area contributed by atoms with Crippen molar-refractivity contribution in [3.63, 3.8) is 0 Å². The van der Waals surface area contributed by atoms with Crippen molar-refractivity contribution in [1.82, 2.24) is 10.2 Å². The largest absolute Gasteiger partial charge is 0.493 e. The van der Waals surface area contributed by atoms with E-state index in [9.17, 15) is 0 Å². The molecule has 20 heavy (non-hydrogen) atoms. The molecule has 1 N–H and O–H groups in total. The van der Waals surface area contributed by atoms with Crippen molar-refractivity contribution in [3.05, 3.63) is 29.3 Å². The predicted molar refractivity (Wildman–Crippen MR) is 82.2 cm³/mol. The van der Waals surface area contributed by atoms with Crippen LogP contribution in [0.1, 0.15) is 37.3 Å². The van der Waals surface area contributed by atoms with Crippen LogP contribution in [0.3, 0.4) is 0 Å². The first-order valence-electron chi connectivity index (χ1n) is 8.02. The molecule has 1 aromatic carbocycles. The standard InChI is InChI=1S/C17H26N2O/c1-14(19-8-3-2-4-9-19)12-18-13-15-5-6-17-16(11-15)7-10-20-17/h5-6,11,14,18H,2-4,7-10,12-13H2,1H3. The van der Waals surface area contributed by atoms with Crippen LogP contribution in [-0.4, -0.2) is 37.2 Å². The first-order valence-corrected chi connectivity index (χ1v) is 8.02. The maximum atomic E-state index is 5.55. The van der Waals surface area contributed by atoms with Crippen molar-refractivity contribution < 1.29 is 4.74 Å². The lowest BCUT2D eigenvalue weighted by molar-refractivity contribution is 0.170. The summed E-state index contributed by atoms with van der Waals surface area (Å²) in [6.45, 7) is 7.78. The van der Waals surface area contributed by atoms with Crippen LogP contribution in [0.25, 0.3) is 0 Å². The third kappa shape index (κ3) is 3.33. The van der Waals surface area contributed by atoms with Gasteiger partial charge in [0.2, 0.25) is 0 Å². The Bertz CT molecular complexity index is 441. The first kappa shape index (κ1) is 13.9. The van der Waals surface area contributed by atoms with Gasteiger partial charge in [-0.1, -0.05) is 18.6 Å². The maximum Gasteiger partial charge on any atom is 0.122 e. The van der Waals surface area contributed by atoms with Crippen LogP contribution in [-0.2, 0) is 13.0 Å². The molecule has 0 radical (unpaired) electrons. The summed E-state index contributed by atoms with van der Waals surface area (Å²) in [5.74, 6) is 1.08. The van der Waals surface area contributed by atoms with Crippen molar-refractivity contribution in [3.8, 4) is 5.75 Å². The molecule has 1 aromatic rings. The van der Waals surface area contributed by atoms with E-state index in [0.29, 0.717) is 6.04 Å². The molecule has 2 aliphatic rings. The number of hydrogen-bond acceptors (Lipinski definition) is 3. The number of nitrogens with zero attached hydrogens (tertiary/aromatic N) is 1. The molecule has 0 amide bonds. The molecule has 2 heterocycles. The molecule has 110 valence electrons. The monoisotopic (exact) mass is 274 g/mol. The Morgan fingerprint density at radius 1 is 1.25 bits per heavy atom. The van der Waals surface area contributed by atoms with Gasteiger partial charge < -0.3 is 10.1 Å². The molecule has 3 rings (SSSR count). The van der Waals surface area contributed by atoms with Crippen molar-refractivity contribution >= 4 is 0 Å². The van der Waals surface area contributed by atoms with E-state index in [1.807, 2.05) is 0 Å². The van der Waals surface area contributed by atoms with Crippen LogP contribution >= 0.6 is 0 Å². The molecular weight excluding hydrogens is 248 g/mol. The summed E-state index contributed by atoms with van der Waals surface area (Å²) >= 11 is 0. The zero-order valence-electron chi connectivity index (χ0n) is 12.5.